The first-order valence-corrected chi connectivity index (χ1v) is 11.5. The number of carboxylic acid groups (broad SMARTS) is 1. The van der Waals surface area contributed by atoms with Gasteiger partial charge in [-0.25, -0.2) is 0 Å². The minimum Gasteiger partial charge on any atom is -0.480 e. The van der Waals surface area contributed by atoms with E-state index in [0.29, 0.717) is 0 Å². The Morgan fingerprint density at radius 1 is 0.512 bits per heavy atom. The number of carboxylic acids is 1. The van der Waals surface area contributed by atoms with Gasteiger partial charge in [-0.05, 0) is 0 Å². The molecule has 0 fully saturated rings. The van der Waals surface area contributed by atoms with E-state index in [-0.39, 0.29) is 0 Å². The second-order valence-corrected chi connectivity index (χ2v) is 8.36. The van der Waals surface area contributed by atoms with Gasteiger partial charge >= 0.3 is 5.97 Å². The molecular weight excluding hydrogens is 556 g/mol. The van der Waals surface area contributed by atoms with Gasteiger partial charge in [0.15, 0.2) is 0 Å². The zero-order chi connectivity index (χ0) is 31.9. The van der Waals surface area contributed by atoms with Crippen molar-refractivity contribution in [1.29, 1.82) is 0 Å². The van der Waals surface area contributed by atoms with Crippen LogP contribution >= 0.6 is 0 Å². The van der Waals surface area contributed by atoms with Gasteiger partial charge in [-0.3, -0.25) is 47.9 Å². The van der Waals surface area contributed by atoms with Crippen molar-refractivity contribution in [3.8, 4) is 0 Å². The number of carbonyl (C=O) groups excluding carboxylic acids is 9. The minimum absolute atomic E-state index is 0.579. The molecule has 0 rings (SSSR count). The molecule has 0 heterocycles. The molecule has 0 bridgehead atoms. The molecule has 0 radical (unpaired) electrons. The predicted molar refractivity (Wildman–Crippen MR) is 133 cm³/mol. The second-order valence-electron chi connectivity index (χ2n) is 8.36. The third-order valence-electron chi connectivity index (χ3n) is 4.73. The number of rotatable bonds is 19. The lowest BCUT2D eigenvalue weighted by Gasteiger charge is -2.22. The van der Waals surface area contributed by atoms with E-state index in [1.165, 1.54) is 0 Å². The van der Waals surface area contributed by atoms with Gasteiger partial charge in [-0.15, -0.1) is 0 Å². The fourth-order valence-electron chi connectivity index (χ4n) is 2.91. The monoisotopic (exact) mass is 588 g/mol. The number of hydrogen-bond acceptors (Lipinski definition) is 11. The van der Waals surface area contributed by atoms with Gasteiger partial charge < -0.3 is 60.4 Å². The van der Waals surface area contributed by atoms with Crippen LogP contribution in [0.3, 0.4) is 0 Å². The summed E-state index contributed by atoms with van der Waals surface area (Å²) in [4.78, 5) is 117. The molecule has 0 aromatic heterocycles. The van der Waals surface area contributed by atoms with Gasteiger partial charge in [-0.2, -0.15) is 0 Å². The Morgan fingerprint density at radius 2 is 0.878 bits per heavy atom. The van der Waals surface area contributed by atoms with Gasteiger partial charge in [0.25, 0.3) is 0 Å². The van der Waals surface area contributed by atoms with Crippen molar-refractivity contribution in [2.75, 3.05) is 13.1 Å². The lowest BCUT2D eigenvalue weighted by Crippen LogP contribution is -2.57. The Balaban J connectivity index is 5.43. The number of aliphatic carboxylic acids is 1. The van der Waals surface area contributed by atoms with Gasteiger partial charge in [0.05, 0.1) is 38.3 Å². The van der Waals surface area contributed by atoms with E-state index in [0.717, 1.165) is 0 Å². The standard InChI is InChI=1S/C20H32N10O11/c21-7(1-11(22)31)17(38)29-8(2-12(23)32)18(39)26-5-15(35)28-10(4-14(25)34)20(41)30-9(3-13(24)33)19(40)27-6-16(36)37/h7-10H,1-6,21H2,(H2,22,31)(H2,23,32)(H2,24,33)(H2,25,34)(H,26,39)(H,27,40)(H,28,35)(H,29,38)(H,30,41)(H,36,37)/t7-,8-,9-,10-/m0/s1. The van der Waals surface area contributed by atoms with Crippen LogP contribution in [-0.4, -0.2) is 101 Å². The molecule has 0 spiro atoms. The number of nitrogens with one attached hydrogen (secondary N) is 5. The number of amides is 9. The van der Waals surface area contributed by atoms with Crippen LogP contribution in [0.15, 0.2) is 0 Å². The van der Waals surface area contributed by atoms with Crippen molar-refractivity contribution < 1.29 is 53.1 Å². The minimum atomic E-state index is -1.74. The SMILES string of the molecule is NC(=O)C[C@H](NC(=O)CNC(=O)[C@H](CC(N)=O)NC(=O)[C@@H](N)CC(N)=O)C(=O)N[C@@H](CC(N)=O)C(=O)NCC(=O)O. The largest absolute Gasteiger partial charge is 0.480 e. The first-order chi connectivity index (χ1) is 18.9. The zero-order valence-corrected chi connectivity index (χ0v) is 21.5. The summed E-state index contributed by atoms with van der Waals surface area (Å²) < 4.78 is 0. The first kappa shape index (κ1) is 35.7. The molecule has 16 N–H and O–H groups in total. The average Bonchev–Trinajstić information content (AvgIpc) is 2.83. The van der Waals surface area contributed by atoms with Crippen molar-refractivity contribution in [3.63, 3.8) is 0 Å². The smallest absolute Gasteiger partial charge is 0.322 e. The van der Waals surface area contributed by atoms with Crippen molar-refractivity contribution >= 4 is 59.1 Å². The van der Waals surface area contributed by atoms with Crippen molar-refractivity contribution in [1.82, 2.24) is 26.6 Å². The molecule has 0 aliphatic rings. The van der Waals surface area contributed by atoms with E-state index in [2.05, 4.69) is 10.6 Å². The molecule has 228 valence electrons. The molecule has 0 saturated heterocycles. The van der Waals surface area contributed by atoms with E-state index in [1.54, 1.807) is 0 Å². The molecule has 9 amide bonds. The molecule has 0 aromatic carbocycles. The van der Waals surface area contributed by atoms with Gasteiger partial charge in [-0.1, -0.05) is 0 Å². The van der Waals surface area contributed by atoms with E-state index < -0.39 is 122 Å². The van der Waals surface area contributed by atoms with Crippen LogP contribution in [0.4, 0.5) is 0 Å². The van der Waals surface area contributed by atoms with Crippen molar-refractivity contribution in [2.45, 2.75) is 49.9 Å². The summed E-state index contributed by atoms with van der Waals surface area (Å²) in [7, 11) is 0. The van der Waals surface area contributed by atoms with E-state index in [4.69, 9.17) is 33.8 Å². The highest BCUT2D eigenvalue weighted by Crippen LogP contribution is 1.99. The van der Waals surface area contributed by atoms with Crippen LogP contribution < -0.4 is 55.3 Å². The molecule has 0 aromatic rings. The summed E-state index contributed by atoms with van der Waals surface area (Å²) in [5.41, 5.74) is 25.6. The normalized spacial score (nSPS) is 13.2. The Hall–Kier alpha value is -5.34. The molecule has 0 unspecified atom stereocenters. The Morgan fingerprint density at radius 3 is 1.27 bits per heavy atom. The number of carbonyl (C=O) groups is 10. The fourth-order valence-corrected chi connectivity index (χ4v) is 2.91. The highest BCUT2D eigenvalue weighted by molar-refractivity contribution is 5.98. The summed E-state index contributed by atoms with van der Waals surface area (Å²) >= 11 is 0. The Bertz CT molecular complexity index is 1080. The van der Waals surface area contributed by atoms with E-state index >= 15 is 0 Å². The number of primary amides is 4. The fraction of sp³-hybridized carbons (Fsp3) is 0.500. The maximum Gasteiger partial charge on any atom is 0.322 e. The number of hydrogen-bond donors (Lipinski definition) is 11. The van der Waals surface area contributed by atoms with Gasteiger partial charge in [0.1, 0.15) is 24.7 Å². The summed E-state index contributed by atoms with van der Waals surface area (Å²) in [6.45, 7) is -1.75. The summed E-state index contributed by atoms with van der Waals surface area (Å²) in [5, 5.41) is 18.8. The maximum absolute atomic E-state index is 12.7. The molecule has 0 aliphatic heterocycles. The van der Waals surface area contributed by atoms with E-state index in [9.17, 15) is 47.9 Å². The van der Waals surface area contributed by atoms with Crippen LogP contribution in [0.25, 0.3) is 0 Å². The maximum atomic E-state index is 12.7. The quantitative estimate of drug-likeness (QED) is 0.0670. The lowest BCUT2D eigenvalue weighted by atomic mass is 10.1. The lowest BCUT2D eigenvalue weighted by molar-refractivity contribution is -0.139. The molecule has 21 nitrogen and oxygen atoms in total. The Kier molecular flexibility index (Phi) is 15.0. The predicted octanol–water partition coefficient (Wildman–Crippen LogP) is -8.41. The van der Waals surface area contributed by atoms with Crippen molar-refractivity contribution in [3.05, 3.63) is 0 Å². The molecule has 41 heavy (non-hydrogen) atoms. The highest BCUT2D eigenvalue weighted by Gasteiger charge is 2.30. The van der Waals surface area contributed by atoms with Gasteiger partial charge in [0, 0.05) is 0 Å². The molecule has 0 saturated carbocycles. The highest BCUT2D eigenvalue weighted by atomic mass is 16.4. The summed E-state index contributed by atoms with van der Waals surface area (Å²) in [5.74, 6) is -11.1. The molecule has 4 atom stereocenters. The van der Waals surface area contributed by atoms with E-state index in [1.807, 2.05) is 16.0 Å². The first-order valence-electron chi connectivity index (χ1n) is 11.5. The summed E-state index contributed by atoms with van der Waals surface area (Å²) in [6, 6.07) is -6.52. The van der Waals surface area contributed by atoms with Crippen LogP contribution in [0.5, 0.6) is 0 Å². The molecule has 21 heteroatoms. The third-order valence-corrected chi connectivity index (χ3v) is 4.73. The van der Waals surface area contributed by atoms with Gasteiger partial charge in [0.2, 0.25) is 53.2 Å². The molecular formula is C20H32N10O11. The summed E-state index contributed by atoms with van der Waals surface area (Å²) in [6.07, 6.45) is -2.91. The Labute approximate surface area is 231 Å². The third kappa shape index (κ3) is 15.6. The van der Waals surface area contributed by atoms with Crippen LogP contribution in [0.2, 0.25) is 0 Å². The topological polar surface area (TPSA) is 381 Å². The second kappa shape index (κ2) is 17.3. The zero-order valence-electron chi connectivity index (χ0n) is 21.5. The average molecular weight is 589 g/mol. The van der Waals surface area contributed by atoms with Crippen LogP contribution in [-0.2, 0) is 47.9 Å². The van der Waals surface area contributed by atoms with Crippen LogP contribution in [0.1, 0.15) is 25.7 Å². The number of nitrogens with two attached hydrogens (primary N) is 5. The molecule has 0 aliphatic carbocycles. The van der Waals surface area contributed by atoms with Crippen LogP contribution in [0, 0.1) is 0 Å². The van der Waals surface area contributed by atoms with Crippen molar-refractivity contribution in [2.24, 2.45) is 28.7 Å².